The van der Waals surface area contributed by atoms with Crippen molar-refractivity contribution >= 4 is 29.4 Å². The minimum atomic E-state index is -0.184. The van der Waals surface area contributed by atoms with E-state index in [9.17, 15) is 4.79 Å². The lowest BCUT2D eigenvalue weighted by atomic mass is 10.4. The minimum Gasteiger partial charge on any atom is -0.368 e. The molecule has 2 heterocycles. The van der Waals surface area contributed by atoms with Crippen molar-refractivity contribution in [3.05, 3.63) is 5.82 Å². The number of halogens is 1. The van der Waals surface area contributed by atoms with Crippen LogP contribution in [0.15, 0.2) is 0 Å². The number of carbonyl (C=O) groups excluding carboxylic acids is 1. The first-order valence-electron chi connectivity index (χ1n) is 4.49. The molecular formula is C8H10ClN5O. The van der Waals surface area contributed by atoms with Crippen LogP contribution in [0.4, 0.5) is 11.9 Å². The highest BCUT2D eigenvalue weighted by atomic mass is 35.5. The van der Waals surface area contributed by atoms with Gasteiger partial charge in [0.1, 0.15) is 5.82 Å². The summed E-state index contributed by atoms with van der Waals surface area (Å²) in [6.07, 6.45) is 0.312. The van der Waals surface area contributed by atoms with E-state index in [4.69, 9.17) is 17.3 Å². The fourth-order valence-electron chi connectivity index (χ4n) is 1.47. The number of nitrogens with two attached hydrogens (primary N) is 1. The molecule has 0 bridgehead atoms. The summed E-state index contributed by atoms with van der Waals surface area (Å²) in [5, 5.41) is -0.184. The van der Waals surface area contributed by atoms with E-state index in [-0.39, 0.29) is 23.2 Å². The highest BCUT2D eigenvalue weighted by Crippen LogP contribution is 2.21. The summed E-state index contributed by atoms with van der Waals surface area (Å²) in [7, 11) is 0. The van der Waals surface area contributed by atoms with E-state index >= 15 is 0 Å². The van der Waals surface area contributed by atoms with Crippen LogP contribution in [0.2, 0.25) is 0 Å². The van der Waals surface area contributed by atoms with Gasteiger partial charge < -0.3 is 5.73 Å². The Balaban J connectivity index is 2.33. The zero-order valence-electron chi connectivity index (χ0n) is 8.14. The molecule has 1 unspecified atom stereocenters. The number of anilines is 2. The van der Waals surface area contributed by atoms with Gasteiger partial charge in [-0.1, -0.05) is 0 Å². The highest BCUT2D eigenvalue weighted by molar-refractivity contribution is 6.24. The van der Waals surface area contributed by atoms with Crippen molar-refractivity contribution in [2.24, 2.45) is 0 Å². The number of amides is 1. The van der Waals surface area contributed by atoms with Crippen LogP contribution in [0.5, 0.6) is 0 Å². The Bertz CT molecular complexity index is 390. The maximum atomic E-state index is 11.5. The van der Waals surface area contributed by atoms with Gasteiger partial charge in [0, 0.05) is 13.0 Å². The minimum absolute atomic E-state index is 0.0833. The summed E-state index contributed by atoms with van der Waals surface area (Å²) in [6, 6.07) is 0. The lowest BCUT2D eigenvalue weighted by molar-refractivity contribution is -0.117. The lowest BCUT2D eigenvalue weighted by Gasteiger charge is -2.13. The third-order valence-electron chi connectivity index (χ3n) is 2.07. The fourth-order valence-corrected chi connectivity index (χ4v) is 1.74. The summed E-state index contributed by atoms with van der Waals surface area (Å²) >= 11 is 5.87. The third kappa shape index (κ3) is 1.99. The van der Waals surface area contributed by atoms with Gasteiger partial charge in [0.2, 0.25) is 17.8 Å². The molecular weight excluding hydrogens is 218 g/mol. The van der Waals surface area contributed by atoms with Crippen molar-refractivity contribution in [1.82, 2.24) is 15.0 Å². The molecule has 2 rings (SSSR count). The van der Waals surface area contributed by atoms with Crippen molar-refractivity contribution in [1.29, 1.82) is 0 Å². The van der Waals surface area contributed by atoms with E-state index < -0.39 is 0 Å². The third-order valence-corrected chi connectivity index (χ3v) is 2.36. The van der Waals surface area contributed by atoms with E-state index in [1.807, 2.05) is 0 Å². The first-order chi connectivity index (χ1) is 7.06. The number of rotatable bonds is 1. The van der Waals surface area contributed by atoms with Crippen LogP contribution in [0.3, 0.4) is 0 Å². The predicted molar refractivity (Wildman–Crippen MR) is 55.6 cm³/mol. The Morgan fingerprint density at radius 3 is 2.73 bits per heavy atom. The van der Waals surface area contributed by atoms with Crippen LogP contribution in [0.1, 0.15) is 12.2 Å². The van der Waals surface area contributed by atoms with Gasteiger partial charge in [0.05, 0.1) is 5.38 Å². The van der Waals surface area contributed by atoms with Crippen molar-refractivity contribution in [2.45, 2.75) is 18.7 Å². The topological polar surface area (TPSA) is 85.0 Å². The normalized spacial score (nSPS) is 21.1. The Morgan fingerprint density at radius 1 is 1.47 bits per heavy atom. The molecule has 0 spiro atoms. The Hall–Kier alpha value is -1.43. The number of carbonyl (C=O) groups is 1. The van der Waals surface area contributed by atoms with E-state index in [0.29, 0.717) is 18.8 Å². The molecule has 1 aliphatic heterocycles. The van der Waals surface area contributed by atoms with E-state index in [1.54, 1.807) is 6.92 Å². The number of alkyl halides is 1. The number of nitrogen functional groups attached to an aromatic ring is 1. The van der Waals surface area contributed by atoms with Crippen LogP contribution in [-0.4, -0.2) is 32.8 Å². The molecule has 0 aliphatic carbocycles. The zero-order chi connectivity index (χ0) is 11.0. The van der Waals surface area contributed by atoms with E-state index in [1.165, 1.54) is 4.90 Å². The fraction of sp³-hybridized carbons (Fsp3) is 0.500. The number of nitrogens with zero attached hydrogens (tertiary/aromatic N) is 4. The standard InChI is InChI=1S/C8H10ClN5O/c1-4-11-7(10)13-8(12-4)14-3-5(9)2-6(14)15/h5H,2-3H2,1H3,(H2,10,11,12,13). The van der Waals surface area contributed by atoms with Gasteiger partial charge in [0.15, 0.2) is 0 Å². The molecule has 1 fully saturated rings. The molecule has 6 nitrogen and oxygen atoms in total. The number of hydrogen-bond donors (Lipinski definition) is 1. The first-order valence-corrected chi connectivity index (χ1v) is 4.92. The van der Waals surface area contributed by atoms with Crippen LogP contribution in [0.25, 0.3) is 0 Å². The van der Waals surface area contributed by atoms with Crippen LogP contribution in [-0.2, 0) is 4.79 Å². The van der Waals surface area contributed by atoms with Crippen LogP contribution >= 0.6 is 11.6 Å². The maximum absolute atomic E-state index is 11.5. The molecule has 1 atom stereocenters. The van der Waals surface area contributed by atoms with Crippen LogP contribution < -0.4 is 10.6 Å². The van der Waals surface area contributed by atoms with Gasteiger partial charge in [-0.2, -0.15) is 15.0 Å². The van der Waals surface area contributed by atoms with Crippen LogP contribution in [0, 0.1) is 6.92 Å². The summed E-state index contributed by atoms with van der Waals surface area (Å²) in [4.78, 5) is 24.7. The van der Waals surface area contributed by atoms with Gasteiger partial charge in [-0.25, -0.2) is 0 Å². The molecule has 7 heteroatoms. The van der Waals surface area contributed by atoms with Crippen molar-refractivity contribution in [3.63, 3.8) is 0 Å². The molecule has 80 valence electrons. The summed E-state index contributed by atoms with van der Waals surface area (Å²) < 4.78 is 0. The number of aryl methyl sites for hydroxylation is 1. The maximum Gasteiger partial charge on any atom is 0.237 e. The lowest BCUT2D eigenvalue weighted by Crippen LogP contribution is -2.27. The number of aromatic nitrogens is 3. The molecule has 1 saturated heterocycles. The second-order valence-electron chi connectivity index (χ2n) is 3.35. The van der Waals surface area contributed by atoms with E-state index in [2.05, 4.69) is 15.0 Å². The van der Waals surface area contributed by atoms with E-state index in [0.717, 1.165) is 0 Å². The largest absolute Gasteiger partial charge is 0.368 e. The molecule has 0 radical (unpaired) electrons. The average Bonchev–Trinajstić information content (AvgIpc) is 2.43. The summed E-state index contributed by atoms with van der Waals surface area (Å²) in [5.74, 6) is 0.805. The molecule has 15 heavy (non-hydrogen) atoms. The quantitative estimate of drug-likeness (QED) is 0.688. The smallest absolute Gasteiger partial charge is 0.237 e. The van der Waals surface area contributed by atoms with Crippen molar-refractivity contribution in [2.75, 3.05) is 17.2 Å². The second kappa shape index (κ2) is 3.62. The Morgan fingerprint density at radius 2 is 2.20 bits per heavy atom. The summed E-state index contributed by atoms with van der Waals surface area (Å²) in [6.45, 7) is 2.11. The zero-order valence-corrected chi connectivity index (χ0v) is 8.90. The van der Waals surface area contributed by atoms with Gasteiger partial charge >= 0.3 is 0 Å². The first kappa shape index (κ1) is 10.1. The van der Waals surface area contributed by atoms with Gasteiger partial charge in [0.25, 0.3) is 0 Å². The molecule has 0 aromatic carbocycles. The SMILES string of the molecule is Cc1nc(N)nc(N2CC(Cl)CC2=O)n1. The Labute approximate surface area is 91.5 Å². The second-order valence-corrected chi connectivity index (χ2v) is 3.96. The van der Waals surface area contributed by atoms with Gasteiger partial charge in [-0.15, -0.1) is 11.6 Å². The monoisotopic (exact) mass is 227 g/mol. The highest BCUT2D eigenvalue weighted by Gasteiger charge is 2.31. The molecule has 1 aliphatic rings. The van der Waals surface area contributed by atoms with Crippen molar-refractivity contribution in [3.8, 4) is 0 Å². The molecule has 0 saturated carbocycles. The molecule has 2 N–H and O–H groups in total. The van der Waals surface area contributed by atoms with Gasteiger partial charge in [-0.3, -0.25) is 9.69 Å². The number of hydrogen-bond acceptors (Lipinski definition) is 5. The summed E-state index contributed by atoms with van der Waals surface area (Å²) in [5.41, 5.74) is 5.47. The predicted octanol–water partition coefficient (Wildman–Crippen LogP) is 0.106. The molecule has 1 amide bonds. The van der Waals surface area contributed by atoms with Crippen molar-refractivity contribution < 1.29 is 4.79 Å². The van der Waals surface area contributed by atoms with Gasteiger partial charge in [-0.05, 0) is 6.92 Å². The molecule has 1 aromatic rings. The Kier molecular flexibility index (Phi) is 2.44. The molecule has 1 aromatic heterocycles. The average molecular weight is 228 g/mol.